The van der Waals surface area contributed by atoms with Crippen molar-refractivity contribution in [1.82, 2.24) is 0 Å². The van der Waals surface area contributed by atoms with Crippen LogP contribution in [0, 0.1) is 36.5 Å². The smallest absolute Gasteiger partial charge is 0.279 e. The van der Waals surface area contributed by atoms with Crippen LogP contribution in [0.3, 0.4) is 0 Å². The standard InChI is InChI=1S/C10H15.C3H5.CHF3O3S.Ir/c1-6-7(2)9(4)10(5)8(6)3;1-3-2;2-1(3,4)8(5,6)7;/h1-5H3;3H,1-2H2;(H,5,6,7);/q;-1;;. The third kappa shape index (κ3) is 8.55. The maximum absolute atomic E-state index is 10.7. The van der Waals surface area contributed by atoms with Gasteiger partial charge >= 0.3 is 15.6 Å². The van der Waals surface area contributed by atoms with Crippen LogP contribution in [0.4, 0.5) is 13.2 Å². The Morgan fingerprint density at radius 2 is 1.05 bits per heavy atom. The fourth-order valence-electron chi connectivity index (χ4n) is 1.41. The summed E-state index contributed by atoms with van der Waals surface area (Å²) in [6.07, 6.45) is 1.50. The normalized spacial score (nSPS) is 18.6. The molecule has 1 rings (SSSR count). The van der Waals surface area contributed by atoms with Gasteiger partial charge in [0.1, 0.15) is 0 Å². The van der Waals surface area contributed by atoms with Gasteiger partial charge in [0.15, 0.2) is 0 Å². The predicted molar refractivity (Wildman–Crippen MR) is 77.7 cm³/mol. The van der Waals surface area contributed by atoms with E-state index in [1.807, 2.05) is 0 Å². The Morgan fingerprint density at radius 1 is 0.955 bits per heavy atom. The molecule has 1 saturated carbocycles. The van der Waals surface area contributed by atoms with Crippen molar-refractivity contribution in [2.24, 2.45) is 0 Å². The van der Waals surface area contributed by atoms with Gasteiger partial charge in [-0.05, 0) is 29.6 Å². The fraction of sp³-hybridized carbons (Fsp3) is 0.429. The minimum Gasteiger partial charge on any atom is -0.279 e. The van der Waals surface area contributed by atoms with Crippen molar-refractivity contribution in [1.29, 1.82) is 0 Å². The molecule has 0 spiro atoms. The molecule has 0 bridgehead atoms. The Balaban J connectivity index is -0.000000273. The van der Waals surface area contributed by atoms with E-state index in [0.717, 1.165) is 0 Å². The second-order valence-corrected chi connectivity index (χ2v) is 5.75. The molecule has 0 heterocycles. The third-order valence-corrected chi connectivity index (χ3v) is 3.69. The third-order valence-electron chi connectivity index (χ3n) is 3.10. The summed E-state index contributed by atoms with van der Waals surface area (Å²) in [7, 11) is -5.84. The summed E-state index contributed by atoms with van der Waals surface area (Å²) in [6.45, 7) is 17.5. The summed E-state index contributed by atoms with van der Waals surface area (Å²) in [5.41, 5.74) is -5.53. The Labute approximate surface area is 145 Å². The van der Waals surface area contributed by atoms with Crippen molar-refractivity contribution in [3.63, 3.8) is 0 Å². The molecule has 1 aliphatic rings. The van der Waals surface area contributed by atoms with Crippen LogP contribution in [0.15, 0.2) is 12.7 Å². The largest absolute Gasteiger partial charge is 0.522 e. The minimum absolute atomic E-state index is 0. The van der Waals surface area contributed by atoms with Gasteiger partial charge in [-0.2, -0.15) is 21.6 Å². The molecule has 0 unspecified atom stereocenters. The molecule has 0 aromatic rings. The van der Waals surface area contributed by atoms with Gasteiger partial charge in [0.2, 0.25) is 0 Å². The van der Waals surface area contributed by atoms with Crippen LogP contribution >= 0.6 is 0 Å². The molecule has 0 atom stereocenters. The molecule has 0 aromatic carbocycles. The molecule has 1 aliphatic carbocycles. The van der Waals surface area contributed by atoms with Gasteiger partial charge in [-0.3, -0.25) is 4.55 Å². The molecule has 1 N–H and O–H groups in total. The second-order valence-electron chi connectivity index (χ2n) is 4.33. The molecule has 0 saturated heterocycles. The van der Waals surface area contributed by atoms with Gasteiger partial charge in [-0.15, -0.1) is 0 Å². The van der Waals surface area contributed by atoms with Crippen LogP contribution in [0.5, 0.6) is 0 Å². The minimum atomic E-state index is -5.84. The van der Waals surface area contributed by atoms with Crippen molar-refractivity contribution in [3.05, 3.63) is 49.2 Å². The number of hydrogen-bond donors (Lipinski definition) is 1. The van der Waals surface area contributed by atoms with E-state index in [1.54, 1.807) is 0 Å². The van der Waals surface area contributed by atoms with Gasteiger partial charge in [0.05, 0.1) is 0 Å². The first-order valence-electron chi connectivity index (χ1n) is 5.85. The zero-order chi connectivity index (χ0) is 17.6. The molecule has 22 heavy (non-hydrogen) atoms. The van der Waals surface area contributed by atoms with Crippen LogP contribution in [0.25, 0.3) is 0 Å². The Bertz CT molecular complexity index is 365. The summed E-state index contributed by atoms with van der Waals surface area (Å²) < 4.78 is 57.5. The van der Waals surface area contributed by atoms with E-state index in [4.69, 9.17) is 13.0 Å². The molecule has 6 radical (unpaired) electrons. The first-order valence-corrected chi connectivity index (χ1v) is 7.29. The summed E-state index contributed by atoms with van der Waals surface area (Å²) in [5, 5.41) is 0. The average Bonchev–Trinajstić information content (AvgIpc) is 2.47. The van der Waals surface area contributed by atoms with E-state index in [0.29, 0.717) is 0 Å². The van der Waals surface area contributed by atoms with Crippen LogP contribution < -0.4 is 0 Å². The van der Waals surface area contributed by atoms with Crippen LogP contribution in [0.1, 0.15) is 34.6 Å². The first-order chi connectivity index (χ1) is 9.22. The number of hydrogen-bond acceptors (Lipinski definition) is 2. The van der Waals surface area contributed by atoms with E-state index in [-0.39, 0.29) is 20.1 Å². The number of alkyl halides is 3. The number of allylic oxidation sites excluding steroid dienone is 1. The van der Waals surface area contributed by atoms with Crippen molar-refractivity contribution in [2.45, 2.75) is 40.1 Å². The van der Waals surface area contributed by atoms with E-state index in [1.165, 1.54) is 35.7 Å². The fourth-order valence-corrected chi connectivity index (χ4v) is 1.41. The summed E-state index contributed by atoms with van der Waals surface area (Å²) in [5.74, 6) is 7.34. The Hall–Kier alpha value is -0.0406. The SMILES string of the molecule is C=C[CH2-].C[C]1[C](C)[C](C)[C](C)[C]1C.O=S(=O)(O)C(F)(F)F.[Ir]. The van der Waals surface area contributed by atoms with Gasteiger partial charge in [-0.25, -0.2) is 19.6 Å². The maximum Gasteiger partial charge on any atom is 0.522 e. The monoisotopic (exact) mass is 519 g/mol. The van der Waals surface area contributed by atoms with Gasteiger partial charge < -0.3 is 0 Å². The van der Waals surface area contributed by atoms with Crippen LogP contribution in [-0.2, 0) is 30.2 Å². The van der Waals surface area contributed by atoms with E-state index >= 15 is 0 Å². The topological polar surface area (TPSA) is 54.4 Å². The average molecular weight is 519 g/mol. The van der Waals surface area contributed by atoms with E-state index in [2.05, 4.69) is 48.1 Å². The van der Waals surface area contributed by atoms with Gasteiger partial charge in [-0.1, -0.05) is 34.6 Å². The summed E-state index contributed by atoms with van der Waals surface area (Å²) in [6, 6.07) is 0. The molecule has 0 aromatic heterocycles. The predicted octanol–water partition coefficient (Wildman–Crippen LogP) is 4.37. The molecule has 3 nitrogen and oxygen atoms in total. The summed E-state index contributed by atoms with van der Waals surface area (Å²) >= 11 is 0. The second kappa shape index (κ2) is 10.7. The molecule has 0 aliphatic heterocycles. The maximum atomic E-state index is 10.7. The Morgan fingerprint density at radius 3 is 1.09 bits per heavy atom. The molecular formula is C14H21F3IrO3S-. The van der Waals surface area contributed by atoms with Gasteiger partial charge in [0.25, 0.3) is 0 Å². The van der Waals surface area contributed by atoms with Crippen molar-refractivity contribution in [2.75, 3.05) is 0 Å². The van der Waals surface area contributed by atoms with Crippen molar-refractivity contribution >= 4 is 10.1 Å². The Kier molecular flexibility index (Phi) is 13.0. The number of halogens is 3. The summed E-state index contributed by atoms with van der Waals surface area (Å²) in [4.78, 5) is 0. The molecule has 132 valence electrons. The molecule has 1 fully saturated rings. The van der Waals surface area contributed by atoms with E-state index < -0.39 is 15.6 Å². The van der Waals surface area contributed by atoms with Crippen LogP contribution in [0.2, 0.25) is 0 Å². The van der Waals surface area contributed by atoms with Crippen molar-refractivity contribution in [3.8, 4) is 0 Å². The first kappa shape index (κ1) is 26.8. The molecular weight excluding hydrogens is 497 g/mol. The quantitative estimate of drug-likeness (QED) is 0.294. The zero-order valence-corrected chi connectivity index (χ0v) is 16.3. The van der Waals surface area contributed by atoms with Gasteiger partial charge in [0, 0.05) is 20.1 Å². The molecule has 8 heteroatoms. The zero-order valence-electron chi connectivity index (χ0n) is 13.1. The van der Waals surface area contributed by atoms with E-state index in [9.17, 15) is 13.2 Å². The van der Waals surface area contributed by atoms with Crippen molar-refractivity contribution < 1.29 is 46.2 Å². The van der Waals surface area contributed by atoms with Crippen LogP contribution in [-0.4, -0.2) is 18.5 Å². The molecule has 0 amide bonds. The number of rotatable bonds is 0.